The van der Waals surface area contributed by atoms with Crippen molar-refractivity contribution in [1.29, 1.82) is 0 Å². The van der Waals surface area contributed by atoms with E-state index in [1.165, 1.54) is 37.8 Å². The number of aliphatic hydroxyl groups excluding tert-OH is 1. The van der Waals surface area contributed by atoms with Crippen molar-refractivity contribution in [2.75, 3.05) is 31.6 Å². The molecule has 1 fully saturated rings. The zero-order valence-electron chi connectivity index (χ0n) is 19.0. The maximum Gasteiger partial charge on any atom is 0.139 e. The van der Waals surface area contributed by atoms with Crippen LogP contribution in [0.5, 0.6) is 5.75 Å². The molecule has 7 heteroatoms. The van der Waals surface area contributed by atoms with Gasteiger partial charge < -0.3 is 24.5 Å². The van der Waals surface area contributed by atoms with Crippen molar-refractivity contribution < 1.29 is 9.84 Å². The second kappa shape index (κ2) is 10.6. The van der Waals surface area contributed by atoms with Gasteiger partial charge in [-0.25, -0.2) is 4.98 Å². The average Bonchev–Trinajstić information content (AvgIpc) is 3.25. The molecule has 0 atom stereocenters. The van der Waals surface area contributed by atoms with Gasteiger partial charge in [0.25, 0.3) is 0 Å². The predicted octanol–water partition coefficient (Wildman–Crippen LogP) is 4.90. The second-order valence-electron chi connectivity index (χ2n) is 8.50. The SMILES string of the molecule is CCCCCNC1CCN(c2ccn3cc(-c4cc(Cl)c(OC)cc4CO)nc3c2)CC1. The lowest BCUT2D eigenvalue weighted by Crippen LogP contribution is -2.42. The number of fused-ring (bicyclic) bond motifs is 1. The first-order valence-electron chi connectivity index (χ1n) is 11.6. The van der Waals surface area contributed by atoms with Gasteiger partial charge in [-0.1, -0.05) is 31.4 Å². The minimum absolute atomic E-state index is 0.108. The molecule has 0 unspecified atom stereocenters. The molecular formula is C25H33ClN4O2. The minimum atomic E-state index is -0.108. The fraction of sp³-hybridized carbons (Fsp3) is 0.480. The molecule has 1 aromatic carbocycles. The van der Waals surface area contributed by atoms with E-state index in [2.05, 4.69) is 35.5 Å². The van der Waals surface area contributed by atoms with E-state index >= 15 is 0 Å². The van der Waals surface area contributed by atoms with Gasteiger partial charge in [0.05, 0.1) is 24.4 Å². The van der Waals surface area contributed by atoms with Gasteiger partial charge in [0.1, 0.15) is 11.4 Å². The van der Waals surface area contributed by atoms with Crippen molar-refractivity contribution >= 4 is 22.9 Å². The Hall–Kier alpha value is -2.28. The summed E-state index contributed by atoms with van der Waals surface area (Å²) in [5.41, 5.74) is 4.43. The number of rotatable bonds is 9. The number of halogens is 1. The molecular weight excluding hydrogens is 424 g/mol. The zero-order valence-corrected chi connectivity index (χ0v) is 19.7. The lowest BCUT2D eigenvalue weighted by atomic mass is 10.0. The number of ether oxygens (including phenoxy) is 1. The summed E-state index contributed by atoms with van der Waals surface area (Å²) < 4.78 is 7.30. The summed E-state index contributed by atoms with van der Waals surface area (Å²) in [6.07, 6.45) is 10.2. The zero-order chi connectivity index (χ0) is 22.5. The highest BCUT2D eigenvalue weighted by Gasteiger charge is 2.20. The Morgan fingerprint density at radius 1 is 1.22 bits per heavy atom. The number of piperidine rings is 1. The molecule has 3 aromatic rings. The fourth-order valence-corrected chi connectivity index (χ4v) is 4.68. The number of hydrogen-bond donors (Lipinski definition) is 2. The van der Waals surface area contributed by atoms with Crippen LogP contribution >= 0.6 is 11.6 Å². The van der Waals surface area contributed by atoms with Gasteiger partial charge in [0, 0.05) is 48.8 Å². The van der Waals surface area contributed by atoms with Gasteiger partial charge in [-0.3, -0.25) is 0 Å². The van der Waals surface area contributed by atoms with E-state index in [1.54, 1.807) is 13.2 Å². The van der Waals surface area contributed by atoms with Crippen LogP contribution in [0.4, 0.5) is 5.69 Å². The second-order valence-corrected chi connectivity index (χ2v) is 8.91. The van der Waals surface area contributed by atoms with Gasteiger partial charge >= 0.3 is 0 Å². The van der Waals surface area contributed by atoms with Crippen LogP contribution < -0.4 is 15.0 Å². The van der Waals surface area contributed by atoms with Crippen molar-refractivity contribution in [3.63, 3.8) is 0 Å². The lowest BCUT2D eigenvalue weighted by Gasteiger charge is -2.34. The molecule has 172 valence electrons. The van der Waals surface area contributed by atoms with Crippen LogP contribution in [0.3, 0.4) is 0 Å². The number of methoxy groups -OCH3 is 1. The number of imidazole rings is 1. The van der Waals surface area contributed by atoms with Crippen molar-refractivity contribution in [3.8, 4) is 17.0 Å². The molecule has 0 aliphatic carbocycles. The first-order valence-corrected chi connectivity index (χ1v) is 12.0. The molecule has 3 heterocycles. The molecule has 0 amide bonds. The highest BCUT2D eigenvalue weighted by atomic mass is 35.5. The summed E-state index contributed by atoms with van der Waals surface area (Å²) in [5, 5.41) is 14.1. The van der Waals surface area contributed by atoms with E-state index in [-0.39, 0.29) is 6.61 Å². The maximum absolute atomic E-state index is 9.84. The smallest absolute Gasteiger partial charge is 0.139 e. The van der Waals surface area contributed by atoms with E-state index in [0.29, 0.717) is 16.8 Å². The Morgan fingerprint density at radius 2 is 2.03 bits per heavy atom. The third kappa shape index (κ3) is 5.03. The first kappa shape index (κ1) is 22.9. The summed E-state index contributed by atoms with van der Waals surface area (Å²) in [5.74, 6) is 0.550. The normalized spacial score (nSPS) is 14.9. The molecule has 1 aliphatic rings. The molecule has 0 radical (unpaired) electrons. The molecule has 4 rings (SSSR count). The highest BCUT2D eigenvalue weighted by molar-refractivity contribution is 6.32. The minimum Gasteiger partial charge on any atom is -0.495 e. The molecule has 1 saturated heterocycles. The molecule has 0 bridgehead atoms. The molecule has 32 heavy (non-hydrogen) atoms. The van der Waals surface area contributed by atoms with E-state index in [9.17, 15) is 5.11 Å². The molecule has 1 aliphatic heterocycles. The summed E-state index contributed by atoms with van der Waals surface area (Å²) in [6, 6.07) is 8.51. The van der Waals surface area contributed by atoms with Crippen molar-refractivity contribution in [1.82, 2.24) is 14.7 Å². The number of aromatic nitrogens is 2. The monoisotopic (exact) mass is 456 g/mol. The molecule has 0 saturated carbocycles. The summed E-state index contributed by atoms with van der Waals surface area (Å²) in [7, 11) is 1.57. The van der Waals surface area contributed by atoms with Gasteiger partial charge in [-0.05, 0) is 49.6 Å². The van der Waals surface area contributed by atoms with E-state index in [4.69, 9.17) is 21.3 Å². The van der Waals surface area contributed by atoms with Crippen LogP contribution in [0, 0.1) is 0 Å². The Labute approximate surface area is 195 Å². The van der Waals surface area contributed by atoms with Crippen LogP contribution in [-0.4, -0.2) is 47.3 Å². The largest absolute Gasteiger partial charge is 0.495 e. The first-order chi connectivity index (χ1) is 15.6. The van der Waals surface area contributed by atoms with Crippen LogP contribution in [0.25, 0.3) is 16.9 Å². The lowest BCUT2D eigenvalue weighted by molar-refractivity contribution is 0.281. The third-order valence-corrected chi connectivity index (χ3v) is 6.64. The average molecular weight is 457 g/mol. The fourth-order valence-electron chi connectivity index (χ4n) is 4.44. The van der Waals surface area contributed by atoms with Crippen molar-refractivity contribution in [2.45, 2.75) is 51.7 Å². The quantitative estimate of drug-likeness (QED) is 0.448. The number of pyridine rings is 1. The number of benzene rings is 1. The molecule has 6 nitrogen and oxygen atoms in total. The summed E-state index contributed by atoms with van der Waals surface area (Å²) in [4.78, 5) is 7.28. The van der Waals surface area contributed by atoms with Gasteiger partial charge in [-0.15, -0.1) is 0 Å². The Morgan fingerprint density at radius 3 is 2.75 bits per heavy atom. The van der Waals surface area contributed by atoms with Crippen LogP contribution in [0.2, 0.25) is 5.02 Å². The van der Waals surface area contributed by atoms with Crippen molar-refractivity contribution in [3.05, 3.63) is 47.2 Å². The van der Waals surface area contributed by atoms with Gasteiger partial charge in [0.2, 0.25) is 0 Å². The highest BCUT2D eigenvalue weighted by Crippen LogP contribution is 2.34. The molecule has 2 N–H and O–H groups in total. The number of hydrogen-bond acceptors (Lipinski definition) is 5. The van der Waals surface area contributed by atoms with E-state index < -0.39 is 0 Å². The predicted molar refractivity (Wildman–Crippen MR) is 131 cm³/mol. The van der Waals surface area contributed by atoms with Crippen LogP contribution in [0.15, 0.2) is 36.7 Å². The number of unbranched alkanes of at least 4 members (excludes halogenated alkanes) is 2. The number of aliphatic hydroxyl groups is 1. The van der Waals surface area contributed by atoms with E-state index in [1.807, 2.05) is 16.7 Å². The Balaban J connectivity index is 1.48. The molecule has 2 aromatic heterocycles. The maximum atomic E-state index is 9.84. The van der Waals surface area contributed by atoms with Crippen LogP contribution in [-0.2, 0) is 6.61 Å². The van der Waals surface area contributed by atoms with Crippen LogP contribution in [0.1, 0.15) is 44.6 Å². The topological polar surface area (TPSA) is 62.0 Å². The standard InChI is InChI=1S/C25H33ClN4O2/c1-3-4-5-9-27-19-6-10-29(11-7-19)20-8-12-30-16-23(28-25(30)14-20)21-15-22(26)24(32-2)13-18(21)17-31/h8,12-16,19,27,31H,3-7,9-11,17H2,1-2H3. The Kier molecular flexibility index (Phi) is 7.55. The summed E-state index contributed by atoms with van der Waals surface area (Å²) >= 11 is 6.34. The number of nitrogens with one attached hydrogen (secondary N) is 1. The number of nitrogens with zero attached hydrogens (tertiary/aromatic N) is 3. The van der Waals surface area contributed by atoms with Gasteiger partial charge in [-0.2, -0.15) is 0 Å². The number of anilines is 1. The van der Waals surface area contributed by atoms with Crippen molar-refractivity contribution in [2.24, 2.45) is 0 Å². The van der Waals surface area contributed by atoms with Gasteiger partial charge in [0.15, 0.2) is 0 Å². The Bertz CT molecular complexity index is 1040. The summed E-state index contributed by atoms with van der Waals surface area (Å²) in [6.45, 7) is 5.38. The third-order valence-electron chi connectivity index (χ3n) is 6.34. The molecule has 0 spiro atoms. The van der Waals surface area contributed by atoms with E-state index in [0.717, 1.165) is 42.1 Å².